The zero-order chi connectivity index (χ0) is 38.4. The predicted octanol–water partition coefficient (Wildman–Crippen LogP) is 4.35. The number of pyridine rings is 1. The lowest BCUT2D eigenvalue weighted by Gasteiger charge is -2.41. The summed E-state index contributed by atoms with van der Waals surface area (Å²) >= 11 is 0. The molecular weight excluding hydrogens is 720 g/mol. The molecule has 0 radical (unpaired) electrons. The van der Waals surface area contributed by atoms with Crippen LogP contribution in [0.1, 0.15) is 48.4 Å². The molecule has 0 spiro atoms. The number of rotatable bonds is 6. The van der Waals surface area contributed by atoms with Crippen molar-refractivity contribution in [3.05, 3.63) is 69.8 Å². The average molecular weight is 762 g/mol. The van der Waals surface area contributed by atoms with Crippen LogP contribution in [0.15, 0.2) is 47.4 Å². The number of anilines is 1. The van der Waals surface area contributed by atoms with Crippen LogP contribution in [0.5, 0.6) is 0 Å². The first-order valence-electron chi connectivity index (χ1n) is 18.0. The van der Waals surface area contributed by atoms with Crippen molar-refractivity contribution >= 4 is 39.6 Å². The number of imidazole rings is 1. The number of hydrogen-bond acceptors (Lipinski definition) is 7. The molecule has 0 unspecified atom stereocenters. The lowest BCUT2D eigenvalue weighted by Crippen LogP contribution is -2.57. The molecule has 5 N–H and O–H groups in total. The van der Waals surface area contributed by atoms with E-state index in [-0.39, 0.29) is 30.9 Å². The Kier molecular flexibility index (Phi) is 10.2. The minimum absolute atomic E-state index is 0.173. The lowest BCUT2D eigenvalue weighted by molar-refractivity contribution is -0.141. The molecule has 4 aromatic rings. The maximum Gasteiger partial charge on any atom is 0.418 e. The van der Waals surface area contributed by atoms with E-state index in [9.17, 15) is 40.7 Å². The smallest absolute Gasteiger partial charge is 0.398 e. The molecule has 5 heterocycles. The van der Waals surface area contributed by atoms with Gasteiger partial charge in [-0.2, -0.15) is 26.3 Å². The maximum absolute atomic E-state index is 14.0. The highest BCUT2D eigenvalue weighted by molar-refractivity contribution is 6.01. The standard InChI is InChI=1S/C36H41F6N9O3/c37-35(38,39)25-17-21(18-26(30(25)43)36(40,41)42)19-28(32(52)49-11-5-22(6-12-49)48-15-9-44-10-16-48)46-33(53)50-13-7-23(8-14-50)51-29-20-45-27-4-2-1-3-24(27)31(29)47-34(51)54/h1-4,17-18,20,22-23,28,44H,5-16,19,43H2,(H,46,53)(H,47,54)/t28-/m1/s1. The zero-order valence-electron chi connectivity index (χ0n) is 29.3. The summed E-state index contributed by atoms with van der Waals surface area (Å²) in [5.41, 5.74) is 1.80. The number of nitrogens with one attached hydrogen (secondary N) is 3. The molecule has 54 heavy (non-hydrogen) atoms. The first-order chi connectivity index (χ1) is 25.7. The minimum atomic E-state index is -5.20. The Balaban J connectivity index is 1.10. The molecule has 3 saturated heterocycles. The highest BCUT2D eigenvalue weighted by Crippen LogP contribution is 2.42. The number of carbonyl (C=O) groups excluding carboxylic acids is 2. The molecule has 3 amide bonds. The molecule has 0 bridgehead atoms. The van der Waals surface area contributed by atoms with Gasteiger partial charge >= 0.3 is 24.1 Å². The van der Waals surface area contributed by atoms with Gasteiger partial charge in [0.05, 0.1) is 39.6 Å². The Morgan fingerprint density at radius 1 is 0.870 bits per heavy atom. The third-order valence-corrected chi connectivity index (χ3v) is 10.9. The number of piperazine rings is 1. The Morgan fingerprint density at radius 3 is 2.09 bits per heavy atom. The number of alkyl halides is 6. The van der Waals surface area contributed by atoms with Crippen LogP contribution in [-0.4, -0.2) is 106 Å². The number of halogens is 6. The molecule has 3 fully saturated rings. The summed E-state index contributed by atoms with van der Waals surface area (Å²) in [6.45, 7) is 4.39. The number of para-hydroxylation sites is 1. The number of fused-ring (bicyclic) bond motifs is 3. The number of nitrogens with two attached hydrogens (primary N) is 1. The fourth-order valence-corrected chi connectivity index (χ4v) is 8.11. The van der Waals surface area contributed by atoms with Gasteiger partial charge in [-0.15, -0.1) is 0 Å². The number of aromatic amines is 1. The van der Waals surface area contributed by atoms with E-state index in [0.29, 0.717) is 61.9 Å². The van der Waals surface area contributed by atoms with Gasteiger partial charge in [0.25, 0.3) is 0 Å². The Hall–Kier alpha value is -4.84. The molecule has 1 atom stereocenters. The summed E-state index contributed by atoms with van der Waals surface area (Å²) in [6, 6.07) is 6.20. The molecular formula is C36H41F6N9O3. The van der Waals surface area contributed by atoms with Gasteiger partial charge in [0.15, 0.2) is 0 Å². The number of nitrogen functional groups attached to an aromatic ring is 1. The molecule has 12 nitrogen and oxygen atoms in total. The highest BCUT2D eigenvalue weighted by Gasteiger charge is 2.42. The Morgan fingerprint density at radius 2 is 1.46 bits per heavy atom. The van der Waals surface area contributed by atoms with Crippen molar-refractivity contribution in [1.82, 2.24) is 39.9 Å². The van der Waals surface area contributed by atoms with Crippen LogP contribution in [0.2, 0.25) is 0 Å². The van der Waals surface area contributed by atoms with Crippen LogP contribution < -0.4 is 22.1 Å². The fraction of sp³-hybridized carbons (Fsp3) is 0.500. The summed E-state index contributed by atoms with van der Waals surface area (Å²) in [6.07, 6.45) is -7.39. The van der Waals surface area contributed by atoms with Gasteiger partial charge in [-0.3, -0.25) is 19.2 Å². The number of piperidine rings is 2. The van der Waals surface area contributed by atoms with Crippen molar-refractivity contribution in [3.8, 4) is 0 Å². The van der Waals surface area contributed by atoms with Crippen LogP contribution in [0.25, 0.3) is 21.9 Å². The van der Waals surface area contributed by atoms with Crippen LogP contribution >= 0.6 is 0 Å². The molecule has 0 aliphatic carbocycles. The third kappa shape index (κ3) is 7.58. The van der Waals surface area contributed by atoms with Crippen LogP contribution in [0.4, 0.5) is 36.8 Å². The second kappa shape index (κ2) is 14.8. The van der Waals surface area contributed by atoms with Gasteiger partial charge in [0.1, 0.15) is 6.04 Å². The lowest BCUT2D eigenvalue weighted by atomic mass is 9.96. The van der Waals surface area contributed by atoms with Crippen molar-refractivity contribution < 1.29 is 35.9 Å². The van der Waals surface area contributed by atoms with Gasteiger partial charge in [0.2, 0.25) is 5.91 Å². The zero-order valence-corrected chi connectivity index (χ0v) is 29.3. The van der Waals surface area contributed by atoms with Gasteiger partial charge in [-0.1, -0.05) is 18.2 Å². The Labute approximate surface area is 305 Å². The van der Waals surface area contributed by atoms with Crippen molar-refractivity contribution in [2.45, 2.75) is 62.6 Å². The third-order valence-electron chi connectivity index (χ3n) is 10.9. The summed E-state index contributed by atoms with van der Waals surface area (Å²) in [5, 5.41) is 6.74. The average Bonchev–Trinajstić information content (AvgIpc) is 3.50. The van der Waals surface area contributed by atoms with Crippen molar-refractivity contribution in [3.63, 3.8) is 0 Å². The number of carbonyl (C=O) groups is 2. The molecule has 7 rings (SSSR count). The van der Waals surface area contributed by atoms with E-state index in [4.69, 9.17) is 5.73 Å². The number of hydrogen-bond donors (Lipinski definition) is 4. The van der Waals surface area contributed by atoms with Gasteiger partial charge in [0, 0.05) is 76.2 Å². The number of H-pyrrole nitrogens is 1. The summed E-state index contributed by atoms with van der Waals surface area (Å²) in [7, 11) is 0. The van der Waals surface area contributed by atoms with E-state index >= 15 is 0 Å². The first-order valence-corrected chi connectivity index (χ1v) is 18.0. The van der Waals surface area contributed by atoms with E-state index in [1.807, 2.05) is 24.3 Å². The number of aromatic nitrogens is 3. The topological polar surface area (TPSA) is 145 Å². The van der Waals surface area contributed by atoms with E-state index in [2.05, 4.69) is 25.5 Å². The predicted molar refractivity (Wildman–Crippen MR) is 189 cm³/mol. The summed E-state index contributed by atoms with van der Waals surface area (Å²) in [5.74, 6) is -0.596. The molecule has 2 aromatic carbocycles. The molecule has 3 aliphatic heterocycles. The molecule has 2 aromatic heterocycles. The maximum atomic E-state index is 14.0. The molecule has 18 heteroatoms. The number of urea groups is 1. The van der Waals surface area contributed by atoms with E-state index in [0.717, 1.165) is 37.1 Å². The van der Waals surface area contributed by atoms with Crippen molar-refractivity contribution in [1.29, 1.82) is 0 Å². The van der Waals surface area contributed by atoms with E-state index < -0.39 is 59.1 Å². The van der Waals surface area contributed by atoms with Crippen LogP contribution in [-0.2, 0) is 23.6 Å². The van der Waals surface area contributed by atoms with Crippen molar-refractivity contribution in [2.75, 3.05) is 58.1 Å². The highest BCUT2D eigenvalue weighted by atomic mass is 19.4. The fourth-order valence-electron chi connectivity index (χ4n) is 8.11. The molecule has 290 valence electrons. The summed E-state index contributed by atoms with van der Waals surface area (Å²) in [4.78, 5) is 53.6. The monoisotopic (exact) mass is 761 g/mol. The summed E-state index contributed by atoms with van der Waals surface area (Å²) < 4.78 is 85.1. The second-order valence-corrected chi connectivity index (χ2v) is 14.2. The van der Waals surface area contributed by atoms with Gasteiger partial charge in [-0.25, -0.2) is 9.59 Å². The molecule has 0 saturated carbocycles. The number of nitrogens with zero attached hydrogens (tertiary/aromatic N) is 5. The SMILES string of the molecule is Nc1c(C(F)(F)F)cc(C[C@@H](NC(=O)N2CCC(n3c(=O)[nH]c4c5ccccc5ncc43)CC2)C(=O)N2CCC(N3CCNCC3)CC2)cc1C(F)(F)F. The molecule has 3 aliphatic rings. The van der Waals surface area contributed by atoms with Gasteiger partial charge in [-0.05, 0) is 49.4 Å². The number of amides is 3. The quantitative estimate of drug-likeness (QED) is 0.169. The van der Waals surface area contributed by atoms with E-state index in [1.165, 1.54) is 9.80 Å². The van der Waals surface area contributed by atoms with E-state index in [1.54, 1.807) is 10.8 Å². The largest absolute Gasteiger partial charge is 0.418 e. The number of likely N-dealkylation sites (tertiary alicyclic amines) is 2. The first kappa shape index (κ1) is 37.5. The van der Waals surface area contributed by atoms with Gasteiger partial charge < -0.3 is 31.2 Å². The minimum Gasteiger partial charge on any atom is -0.398 e. The van der Waals surface area contributed by atoms with Crippen molar-refractivity contribution in [2.24, 2.45) is 0 Å². The normalized spacial score (nSPS) is 19.1. The number of benzene rings is 2. The van der Waals surface area contributed by atoms with Crippen LogP contribution in [0, 0.1) is 0 Å². The second-order valence-electron chi connectivity index (χ2n) is 14.2. The van der Waals surface area contributed by atoms with Crippen LogP contribution in [0.3, 0.4) is 0 Å². The Bertz CT molecular complexity index is 2040.